The summed E-state index contributed by atoms with van der Waals surface area (Å²) in [7, 11) is 0. The molecule has 0 aliphatic rings. The molecule has 2 N–H and O–H groups in total. The molecule has 0 unspecified atom stereocenters. The van der Waals surface area contributed by atoms with Crippen LogP contribution >= 0.6 is 0 Å². The van der Waals surface area contributed by atoms with Gasteiger partial charge in [-0.25, -0.2) is 0 Å². The van der Waals surface area contributed by atoms with Crippen molar-refractivity contribution in [2.24, 2.45) is 0 Å². The second kappa shape index (κ2) is 4.62. The van der Waals surface area contributed by atoms with Gasteiger partial charge in [-0.3, -0.25) is 14.9 Å². The molecule has 2 rings (SSSR count). The van der Waals surface area contributed by atoms with Crippen molar-refractivity contribution < 1.29 is 9.72 Å². The molecule has 8 heteroatoms. The molecule has 0 aliphatic heterocycles. The van der Waals surface area contributed by atoms with Crippen LogP contribution in [0, 0.1) is 17.0 Å². The maximum Gasteiger partial charge on any atom is 0.277 e. The van der Waals surface area contributed by atoms with Gasteiger partial charge in [-0.2, -0.15) is 15.4 Å². The van der Waals surface area contributed by atoms with Gasteiger partial charge in [0.1, 0.15) is 0 Å². The van der Waals surface area contributed by atoms with Crippen molar-refractivity contribution in [1.82, 2.24) is 15.4 Å². The van der Waals surface area contributed by atoms with Gasteiger partial charge in [0.2, 0.25) is 0 Å². The van der Waals surface area contributed by atoms with Crippen LogP contribution in [0.15, 0.2) is 24.4 Å². The molecule has 1 heterocycles. The van der Waals surface area contributed by atoms with Crippen LogP contribution in [0.5, 0.6) is 0 Å². The number of nitro benzene ring substituents is 1. The highest BCUT2D eigenvalue weighted by Gasteiger charge is 2.16. The number of nitrogens with zero attached hydrogens (tertiary/aromatic N) is 3. The van der Waals surface area contributed by atoms with E-state index in [2.05, 4.69) is 20.7 Å². The van der Waals surface area contributed by atoms with Crippen LogP contribution < -0.4 is 5.32 Å². The number of benzene rings is 1. The summed E-state index contributed by atoms with van der Waals surface area (Å²) >= 11 is 0. The number of nitrogens with one attached hydrogen (secondary N) is 2. The molecule has 1 amide bonds. The van der Waals surface area contributed by atoms with Gasteiger partial charge >= 0.3 is 0 Å². The third kappa shape index (κ3) is 2.17. The van der Waals surface area contributed by atoms with Crippen molar-refractivity contribution in [1.29, 1.82) is 0 Å². The molecule has 1 aromatic heterocycles. The second-order valence-corrected chi connectivity index (χ2v) is 3.52. The molecule has 0 saturated carbocycles. The zero-order chi connectivity index (χ0) is 13.1. The van der Waals surface area contributed by atoms with E-state index in [-0.39, 0.29) is 11.4 Å². The van der Waals surface area contributed by atoms with Gasteiger partial charge in [0.05, 0.1) is 22.4 Å². The quantitative estimate of drug-likeness (QED) is 0.626. The molecular weight excluding hydrogens is 238 g/mol. The summed E-state index contributed by atoms with van der Waals surface area (Å²) in [4.78, 5) is 22.0. The summed E-state index contributed by atoms with van der Waals surface area (Å²) in [6.07, 6.45) is 1.27. The Labute approximate surface area is 101 Å². The Morgan fingerprint density at radius 3 is 2.89 bits per heavy atom. The Hall–Kier alpha value is -2.77. The minimum absolute atomic E-state index is 0.0482. The molecule has 0 saturated heterocycles. The Kier molecular flexibility index (Phi) is 3.00. The lowest BCUT2D eigenvalue weighted by Gasteiger charge is -2.06. The lowest BCUT2D eigenvalue weighted by Crippen LogP contribution is -2.13. The number of H-pyrrole nitrogens is 1. The first-order chi connectivity index (χ1) is 8.59. The predicted octanol–water partition coefficient (Wildman–Crippen LogP) is 1.27. The van der Waals surface area contributed by atoms with Gasteiger partial charge in [-0.15, -0.1) is 0 Å². The maximum atomic E-state index is 11.7. The average Bonchev–Trinajstić information content (AvgIpc) is 2.85. The van der Waals surface area contributed by atoms with Gasteiger partial charge < -0.3 is 5.32 Å². The molecule has 1 aromatic carbocycles. The van der Waals surface area contributed by atoms with Gasteiger partial charge in [-0.1, -0.05) is 6.07 Å². The lowest BCUT2D eigenvalue weighted by atomic mass is 10.1. The van der Waals surface area contributed by atoms with Crippen LogP contribution in [0.25, 0.3) is 0 Å². The number of carbonyl (C=O) groups excluding carboxylic acids is 1. The zero-order valence-electron chi connectivity index (χ0n) is 9.38. The lowest BCUT2D eigenvalue weighted by molar-refractivity contribution is -0.385. The van der Waals surface area contributed by atoms with E-state index < -0.39 is 10.8 Å². The number of hydrogen-bond acceptors (Lipinski definition) is 5. The van der Waals surface area contributed by atoms with E-state index >= 15 is 0 Å². The number of aromatic amines is 1. The molecule has 0 aliphatic carbocycles. The highest BCUT2D eigenvalue weighted by Crippen LogP contribution is 2.25. The third-order valence-corrected chi connectivity index (χ3v) is 2.40. The van der Waals surface area contributed by atoms with Gasteiger partial charge in [0.15, 0.2) is 5.69 Å². The van der Waals surface area contributed by atoms with Gasteiger partial charge in [0.25, 0.3) is 11.6 Å². The molecule has 0 bridgehead atoms. The fraction of sp³-hybridized carbons (Fsp3) is 0.100. The van der Waals surface area contributed by atoms with Gasteiger partial charge in [-0.05, 0) is 13.0 Å². The van der Waals surface area contributed by atoms with Crippen LogP contribution in [0.1, 0.15) is 16.1 Å². The summed E-state index contributed by atoms with van der Waals surface area (Å²) in [5, 5.41) is 22.7. The molecule has 0 atom stereocenters. The molecular formula is C10H9N5O3. The molecule has 92 valence electrons. The van der Waals surface area contributed by atoms with Crippen LogP contribution in [0.2, 0.25) is 0 Å². The Balaban J connectivity index is 2.27. The average molecular weight is 247 g/mol. The van der Waals surface area contributed by atoms with E-state index in [1.165, 1.54) is 18.3 Å². The number of hydrogen-bond donors (Lipinski definition) is 2. The molecule has 18 heavy (non-hydrogen) atoms. The van der Waals surface area contributed by atoms with E-state index in [0.717, 1.165) is 0 Å². The normalized spacial score (nSPS) is 10.1. The molecule has 0 fully saturated rings. The highest BCUT2D eigenvalue weighted by atomic mass is 16.6. The van der Waals surface area contributed by atoms with Crippen LogP contribution in [0.4, 0.5) is 11.4 Å². The van der Waals surface area contributed by atoms with Crippen molar-refractivity contribution in [3.63, 3.8) is 0 Å². The third-order valence-electron chi connectivity index (χ3n) is 2.40. The van der Waals surface area contributed by atoms with E-state index in [4.69, 9.17) is 0 Å². The van der Waals surface area contributed by atoms with E-state index in [0.29, 0.717) is 11.3 Å². The Morgan fingerprint density at radius 2 is 2.28 bits per heavy atom. The monoisotopic (exact) mass is 247 g/mol. The first-order valence-corrected chi connectivity index (χ1v) is 5.00. The van der Waals surface area contributed by atoms with Gasteiger partial charge in [0, 0.05) is 6.07 Å². The first kappa shape index (κ1) is 11.7. The standard InChI is InChI=1S/C10H9N5O3/c1-6-7(3-2-4-9(6)15(17)18)12-10(16)8-5-11-14-13-8/h2-5H,1H3,(H,12,16)(H,11,13,14). The van der Waals surface area contributed by atoms with Crippen molar-refractivity contribution in [3.8, 4) is 0 Å². The smallest absolute Gasteiger partial charge is 0.277 e. The summed E-state index contributed by atoms with van der Waals surface area (Å²) in [5.41, 5.74) is 0.824. The van der Waals surface area contributed by atoms with Crippen molar-refractivity contribution in [3.05, 3.63) is 45.8 Å². The Morgan fingerprint density at radius 1 is 1.50 bits per heavy atom. The summed E-state index contributed by atoms with van der Waals surface area (Å²) < 4.78 is 0. The van der Waals surface area contributed by atoms with Crippen LogP contribution in [-0.4, -0.2) is 26.2 Å². The summed E-state index contributed by atoms with van der Waals surface area (Å²) in [6.45, 7) is 1.57. The fourth-order valence-electron chi connectivity index (χ4n) is 1.45. The number of rotatable bonds is 3. The summed E-state index contributed by atoms with van der Waals surface area (Å²) in [5.74, 6) is -0.479. The minimum atomic E-state index is -0.499. The number of amides is 1. The SMILES string of the molecule is Cc1c(NC(=O)c2cn[nH]n2)cccc1[N+](=O)[O-]. The minimum Gasteiger partial charge on any atom is -0.320 e. The number of aromatic nitrogens is 3. The number of nitro groups is 1. The largest absolute Gasteiger partial charge is 0.320 e. The van der Waals surface area contributed by atoms with E-state index in [1.54, 1.807) is 13.0 Å². The first-order valence-electron chi connectivity index (χ1n) is 5.00. The fourth-order valence-corrected chi connectivity index (χ4v) is 1.45. The highest BCUT2D eigenvalue weighted by molar-refractivity contribution is 6.03. The van der Waals surface area contributed by atoms with Crippen LogP contribution in [-0.2, 0) is 0 Å². The predicted molar refractivity (Wildman–Crippen MR) is 62.2 cm³/mol. The second-order valence-electron chi connectivity index (χ2n) is 3.52. The molecule has 2 aromatic rings. The Bertz CT molecular complexity index is 594. The van der Waals surface area contributed by atoms with E-state index in [1.807, 2.05) is 0 Å². The maximum absolute atomic E-state index is 11.7. The summed E-state index contributed by atoms with van der Waals surface area (Å²) in [6, 6.07) is 4.46. The van der Waals surface area contributed by atoms with Crippen molar-refractivity contribution in [2.45, 2.75) is 6.92 Å². The van der Waals surface area contributed by atoms with Crippen molar-refractivity contribution >= 4 is 17.3 Å². The molecule has 0 spiro atoms. The zero-order valence-corrected chi connectivity index (χ0v) is 9.38. The van der Waals surface area contributed by atoms with E-state index in [9.17, 15) is 14.9 Å². The van der Waals surface area contributed by atoms with Crippen molar-refractivity contribution in [2.75, 3.05) is 5.32 Å². The number of carbonyl (C=O) groups is 1. The topological polar surface area (TPSA) is 114 Å². The number of anilines is 1. The molecule has 8 nitrogen and oxygen atoms in total. The molecule has 0 radical (unpaired) electrons. The van der Waals surface area contributed by atoms with Crippen LogP contribution in [0.3, 0.4) is 0 Å².